The standard InChI is InChI=1S/C21H22FN7O2/c1-12-18-19(28(3)13(2)20(31)26-18)27-21(25-12)23-8-14-9-24-29(10-14)11-17(30)15-4-6-16(22)7-5-15/h4-7,9-10,13H,8,11H2,1-3H3,(H,26,31)(H,23,25,27)/t13-/m0/s1. The van der Waals surface area contributed by atoms with Gasteiger partial charge in [0.05, 0.1) is 11.9 Å². The summed E-state index contributed by atoms with van der Waals surface area (Å²) in [4.78, 5) is 35.1. The zero-order chi connectivity index (χ0) is 22.1. The lowest BCUT2D eigenvalue weighted by molar-refractivity contribution is -0.117. The number of amides is 1. The van der Waals surface area contributed by atoms with Crippen molar-refractivity contribution in [3.05, 3.63) is 59.3 Å². The van der Waals surface area contributed by atoms with E-state index in [1.807, 2.05) is 25.8 Å². The van der Waals surface area contributed by atoms with Crippen molar-refractivity contribution >= 4 is 29.1 Å². The summed E-state index contributed by atoms with van der Waals surface area (Å²) in [5.41, 5.74) is 2.56. The van der Waals surface area contributed by atoms with Crippen LogP contribution in [0.1, 0.15) is 28.5 Å². The molecule has 1 atom stereocenters. The molecule has 0 unspecified atom stereocenters. The molecule has 1 aliphatic rings. The molecule has 1 aliphatic heterocycles. The van der Waals surface area contributed by atoms with Crippen LogP contribution in [-0.2, 0) is 17.9 Å². The third kappa shape index (κ3) is 4.23. The van der Waals surface area contributed by atoms with E-state index in [0.29, 0.717) is 35.3 Å². The summed E-state index contributed by atoms with van der Waals surface area (Å²) < 4.78 is 14.5. The molecule has 9 nitrogen and oxygen atoms in total. The Hall–Kier alpha value is -3.82. The predicted molar refractivity (Wildman–Crippen MR) is 114 cm³/mol. The number of ketones is 1. The maximum Gasteiger partial charge on any atom is 0.246 e. The number of hydrogen-bond donors (Lipinski definition) is 2. The van der Waals surface area contributed by atoms with Gasteiger partial charge in [-0.15, -0.1) is 0 Å². The molecule has 4 rings (SSSR count). The fourth-order valence-electron chi connectivity index (χ4n) is 3.26. The van der Waals surface area contributed by atoms with E-state index in [2.05, 4.69) is 25.7 Å². The SMILES string of the molecule is Cc1nc(NCc2cnn(CC(=O)c3ccc(F)cc3)c2)nc2c1NC(=O)[C@H](C)N2C. The first-order valence-electron chi connectivity index (χ1n) is 9.78. The number of rotatable bonds is 6. The normalized spacial score (nSPS) is 15.4. The average molecular weight is 423 g/mol. The van der Waals surface area contributed by atoms with Crippen LogP contribution in [0.15, 0.2) is 36.7 Å². The van der Waals surface area contributed by atoms with Gasteiger partial charge in [0.25, 0.3) is 0 Å². The van der Waals surface area contributed by atoms with Gasteiger partial charge < -0.3 is 15.5 Å². The van der Waals surface area contributed by atoms with E-state index in [-0.39, 0.29) is 30.1 Å². The molecule has 0 aliphatic carbocycles. The Kier molecular flexibility index (Phi) is 5.37. The molecule has 0 saturated heterocycles. The molecule has 31 heavy (non-hydrogen) atoms. The van der Waals surface area contributed by atoms with E-state index in [9.17, 15) is 14.0 Å². The lowest BCUT2D eigenvalue weighted by Gasteiger charge is -2.32. The molecule has 0 spiro atoms. The Morgan fingerprint density at radius 1 is 1.26 bits per heavy atom. The van der Waals surface area contributed by atoms with E-state index >= 15 is 0 Å². The minimum Gasteiger partial charge on any atom is -0.350 e. The van der Waals surface area contributed by atoms with E-state index in [4.69, 9.17) is 0 Å². The van der Waals surface area contributed by atoms with Crippen molar-refractivity contribution in [2.45, 2.75) is 33.0 Å². The van der Waals surface area contributed by atoms with Crippen molar-refractivity contribution in [3.63, 3.8) is 0 Å². The lowest BCUT2D eigenvalue weighted by Crippen LogP contribution is -2.44. The number of fused-ring (bicyclic) bond motifs is 1. The van der Waals surface area contributed by atoms with E-state index in [0.717, 1.165) is 5.56 Å². The summed E-state index contributed by atoms with van der Waals surface area (Å²) >= 11 is 0. The lowest BCUT2D eigenvalue weighted by atomic mass is 10.1. The second kappa shape index (κ2) is 8.13. The molecule has 1 amide bonds. The number of carbonyl (C=O) groups excluding carboxylic acids is 2. The highest BCUT2D eigenvalue weighted by atomic mass is 19.1. The van der Waals surface area contributed by atoms with Crippen molar-refractivity contribution in [1.29, 1.82) is 0 Å². The van der Waals surface area contributed by atoms with Crippen LogP contribution in [-0.4, -0.2) is 44.5 Å². The van der Waals surface area contributed by atoms with Crippen molar-refractivity contribution in [2.75, 3.05) is 22.6 Å². The summed E-state index contributed by atoms with van der Waals surface area (Å²) in [6, 6.07) is 5.11. The fourth-order valence-corrected chi connectivity index (χ4v) is 3.26. The first kappa shape index (κ1) is 20.5. The van der Waals surface area contributed by atoms with Crippen LogP contribution in [0.4, 0.5) is 21.8 Å². The van der Waals surface area contributed by atoms with Gasteiger partial charge in [-0.3, -0.25) is 14.3 Å². The maximum atomic E-state index is 13.0. The van der Waals surface area contributed by atoms with E-state index in [1.165, 1.54) is 28.9 Å². The summed E-state index contributed by atoms with van der Waals surface area (Å²) in [5, 5.41) is 10.2. The molecule has 3 heterocycles. The quantitative estimate of drug-likeness (QED) is 0.587. The summed E-state index contributed by atoms with van der Waals surface area (Å²) in [6.45, 7) is 4.09. The summed E-state index contributed by atoms with van der Waals surface area (Å²) in [6.07, 6.45) is 3.42. The summed E-state index contributed by atoms with van der Waals surface area (Å²) in [7, 11) is 1.82. The molecular formula is C21H22FN7O2. The van der Waals surface area contributed by atoms with Crippen molar-refractivity contribution in [1.82, 2.24) is 19.7 Å². The molecule has 0 bridgehead atoms. The van der Waals surface area contributed by atoms with Gasteiger partial charge in [0.1, 0.15) is 24.1 Å². The second-order valence-corrected chi connectivity index (χ2v) is 7.44. The first-order valence-corrected chi connectivity index (χ1v) is 9.78. The first-order chi connectivity index (χ1) is 14.8. The van der Waals surface area contributed by atoms with Crippen molar-refractivity contribution in [3.8, 4) is 0 Å². The van der Waals surface area contributed by atoms with E-state index in [1.54, 1.807) is 12.4 Å². The highest BCUT2D eigenvalue weighted by Gasteiger charge is 2.30. The van der Waals surface area contributed by atoms with Crippen molar-refractivity contribution in [2.24, 2.45) is 0 Å². The van der Waals surface area contributed by atoms with E-state index < -0.39 is 0 Å². The molecule has 0 fully saturated rings. The van der Waals surface area contributed by atoms with Crippen LogP contribution in [0.5, 0.6) is 0 Å². The van der Waals surface area contributed by atoms with Crippen LogP contribution >= 0.6 is 0 Å². The largest absolute Gasteiger partial charge is 0.350 e. The highest BCUT2D eigenvalue weighted by Crippen LogP contribution is 2.32. The maximum absolute atomic E-state index is 13.0. The Balaban J connectivity index is 1.42. The predicted octanol–water partition coefficient (Wildman–Crippen LogP) is 2.39. The van der Waals surface area contributed by atoms with Gasteiger partial charge in [-0.2, -0.15) is 10.1 Å². The van der Waals surface area contributed by atoms with Crippen LogP contribution in [0.25, 0.3) is 0 Å². The van der Waals surface area contributed by atoms with Gasteiger partial charge in [0.15, 0.2) is 11.6 Å². The monoisotopic (exact) mass is 423 g/mol. The number of Topliss-reactive ketones (excluding diaryl/α,β-unsaturated/α-hetero) is 1. The molecule has 0 saturated carbocycles. The zero-order valence-corrected chi connectivity index (χ0v) is 17.4. The number of aromatic nitrogens is 4. The van der Waals surface area contributed by atoms with Gasteiger partial charge in [-0.25, -0.2) is 9.37 Å². The third-order valence-electron chi connectivity index (χ3n) is 5.22. The minimum atomic E-state index is -0.383. The van der Waals surface area contributed by atoms with Crippen molar-refractivity contribution < 1.29 is 14.0 Å². The number of hydrogen-bond acceptors (Lipinski definition) is 7. The molecule has 2 N–H and O–H groups in total. The van der Waals surface area contributed by atoms with Gasteiger partial charge >= 0.3 is 0 Å². The number of nitrogens with zero attached hydrogens (tertiary/aromatic N) is 5. The molecule has 160 valence electrons. The molecule has 10 heteroatoms. The molecule has 3 aromatic rings. The molecule has 1 aromatic carbocycles. The highest BCUT2D eigenvalue weighted by molar-refractivity contribution is 6.03. The van der Waals surface area contributed by atoms with Crippen LogP contribution < -0.4 is 15.5 Å². The van der Waals surface area contributed by atoms with Crippen LogP contribution in [0.2, 0.25) is 0 Å². The van der Waals surface area contributed by atoms with Crippen LogP contribution in [0.3, 0.4) is 0 Å². The van der Waals surface area contributed by atoms with Gasteiger partial charge in [-0.05, 0) is 38.1 Å². The Bertz CT molecular complexity index is 1140. The third-order valence-corrected chi connectivity index (χ3v) is 5.22. The van der Waals surface area contributed by atoms with Crippen LogP contribution in [0, 0.1) is 12.7 Å². The molecule has 2 aromatic heterocycles. The Labute approximate surface area is 178 Å². The minimum absolute atomic E-state index is 0.0580. The number of likely N-dealkylation sites (N-methyl/N-ethyl adjacent to an activating group) is 1. The number of halogens is 1. The number of carbonyl (C=O) groups is 2. The Morgan fingerprint density at radius 2 is 2.00 bits per heavy atom. The van der Waals surface area contributed by atoms with Gasteiger partial charge in [-0.1, -0.05) is 0 Å². The number of anilines is 3. The number of nitrogens with one attached hydrogen (secondary N) is 2. The number of benzene rings is 1. The van der Waals surface area contributed by atoms with Gasteiger partial charge in [0, 0.05) is 30.9 Å². The topological polar surface area (TPSA) is 105 Å². The smallest absolute Gasteiger partial charge is 0.246 e. The number of aryl methyl sites for hydroxylation is 1. The molecular weight excluding hydrogens is 401 g/mol. The summed E-state index contributed by atoms with van der Waals surface area (Å²) in [5.74, 6) is 0.455. The average Bonchev–Trinajstić information content (AvgIpc) is 3.19. The zero-order valence-electron chi connectivity index (χ0n) is 17.4. The second-order valence-electron chi connectivity index (χ2n) is 7.44. The van der Waals surface area contributed by atoms with Gasteiger partial charge in [0.2, 0.25) is 11.9 Å². The Morgan fingerprint density at radius 3 is 2.74 bits per heavy atom. The molecule has 0 radical (unpaired) electrons. The fraction of sp³-hybridized carbons (Fsp3) is 0.286.